The normalized spacial score (nSPS) is 15.0. The maximum absolute atomic E-state index is 11.2. The molecule has 7 heteroatoms. The number of ether oxygens (including phenoxy) is 1. The maximum atomic E-state index is 11.2. The molecule has 0 bridgehead atoms. The highest BCUT2D eigenvalue weighted by atomic mass is 16.5. The molecule has 1 aromatic heterocycles. The Balaban J connectivity index is 1.47. The van der Waals surface area contributed by atoms with E-state index in [2.05, 4.69) is 26.8 Å². The lowest BCUT2D eigenvalue weighted by atomic mass is 9.97. The van der Waals surface area contributed by atoms with Crippen molar-refractivity contribution in [1.82, 2.24) is 14.9 Å². The van der Waals surface area contributed by atoms with Crippen LogP contribution in [0, 0.1) is 5.92 Å². The minimum Gasteiger partial charge on any atom is -0.474 e. The van der Waals surface area contributed by atoms with Crippen molar-refractivity contribution in [3.8, 4) is 11.3 Å². The Morgan fingerprint density at radius 3 is 2.40 bits per heavy atom. The van der Waals surface area contributed by atoms with Gasteiger partial charge in [-0.2, -0.15) is 0 Å². The number of primary amides is 1. The Labute approximate surface area is 178 Å². The van der Waals surface area contributed by atoms with Crippen molar-refractivity contribution >= 4 is 11.7 Å². The molecule has 0 atom stereocenters. The second kappa shape index (κ2) is 9.15. The van der Waals surface area contributed by atoms with Crippen LogP contribution >= 0.6 is 0 Å². The van der Waals surface area contributed by atoms with Gasteiger partial charge in [0, 0.05) is 30.8 Å². The Morgan fingerprint density at radius 2 is 1.87 bits per heavy atom. The Morgan fingerprint density at radius 1 is 1.20 bits per heavy atom. The number of benzene rings is 1. The molecule has 0 radical (unpaired) electrons. The maximum Gasteiger partial charge on any atom is 0.248 e. The average Bonchev–Trinajstić information content (AvgIpc) is 2.72. The zero-order chi connectivity index (χ0) is 21.7. The highest BCUT2D eigenvalue weighted by Gasteiger charge is 2.23. The van der Waals surface area contributed by atoms with Crippen molar-refractivity contribution in [3.63, 3.8) is 0 Å². The van der Waals surface area contributed by atoms with E-state index in [-0.39, 0.29) is 5.60 Å². The van der Waals surface area contributed by atoms with Gasteiger partial charge in [0.1, 0.15) is 11.4 Å². The van der Waals surface area contributed by atoms with E-state index in [9.17, 15) is 4.79 Å². The van der Waals surface area contributed by atoms with Gasteiger partial charge in [0.2, 0.25) is 5.91 Å². The van der Waals surface area contributed by atoms with Crippen LogP contribution in [0.5, 0.6) is 0 Å². The van der Waals surface area contributed by atoms with Gasteiger partial charge in [-0.1, -0.05) is 12.1 Å². The molecule has 1 aliphatic heterocycles. The molecule has 1 saturated heterocycles. The quantitative estimate of drug-likeness (QED) is 0.678. The van der Waals surface area contributed by atoms with Crippen LogP contribution in [-0.2, 0) is 4.74 Å². The lowest BCUT2D eigenvalue weighted by Gasteiger charge is -2.36. The summed E-state index contributed by atoms with van der Waals surface area (Å²) in [5.74, 6) is 1.66. The average molecular weight is 410 g/mol. The number of hydrogen-bond acceptors (Lipinski definition) is 6. The van der Waals surface area contributed by atoms with Gasteiger partial charge in [0.25, 0.3) is 0 Å². The molecule has 30 heavy (non-hydrogen) atoms. The molecular formula is C23H31N5O2. The second-order valence-electron chi connectivity index (χ2n) is 8.65. The molecule has 1 aliphatic rings. The van der Waals surface area contributed by atoms with Gasteiger partial charge in [-0.3, -0.25) is 9.78 Å². The van der Waals surface area contributed by atoms with Crippen LogP contribution in [0.1, 0.15) is 44.0 Å². The summed E-state index contributed by atoms with van der Waals surface area (Å²) in [5, 5.41) is 3.39. The summed E-state index contributed by atoms with van der Waals surface area (Å²) in [6.07, 6.45) is 5.64. The third-order valence-corrected chi connectivity index (χ3v) is 5.08. The van der Waals surface area contributed by atoms with Crippen LogP contribution in [0.2, 0.25) is 0 Å². The van der Waals surface area contributed by atoms with Gasteiger partial charge in [-0.25, -0.2) is 4.98 Å². The molecule has 3 rings (SSSR count). The standard InChI is InChI=1S/C23H31N5O2/c1-16(30-23(2,3)4)28-11-9-17(10-12-28)13-26-21-15-25-20(14-27-21)18-5-7-19(8-6-18)22(24)29/h5-8,14-15,17H,1,9-13H2,2-4H3,(H2,24,29)(H,26,27). The van der Waals surface area contributed by atoms with Gasteiger partial charge in [-0.05, 0) is 58.2 Å². The monoisotopic (exact) mass is 409 g/mol. The lowest BCUT2D eigenvalue weighted by molar-refractivity contribution is -0.00498. The van der Waals surface area contributed by atoms with Crippen molar-refractivity contribution in [2.45, 2.75) is 39.2 Å². The number of aromatic nitrogens is 2. The summed E-state index contributed by atoms with van der Waals surface area (Å²) < 4.78 is 5.88. The van der Waals surface area contributed by atoms with Crippen molar-refractivity contribution in [2.24, 2.45) is 11.7 Å². The number of carbonyl (C=O) groups is 1. The molecule has 3 N–H and O–H groups in total. The number of amides is 1. The highest BCUT2D eigenvalue weighted by Crippen LogP contribution is 2.24. The van der Waals surface area contributed by atoms with E-state index >= 15 is 0 Å². The van der Waals surface area contributed by atoms with E-state index in [0.717, 1.165) is 55.4 Å². The fourth-order valence-corrected chi connectivity index (χ4v) is 3.43. The van der Waals surface area contributed by atoms with E-state index in [4.69, 9.17) is 10.5 Å². The SMILES string of the molecule is C=C(OC(C)(C)C)N1CCC(CNc2cnc(-c3ccc(C(N)=O)cc3)cn2)CC1. The van der Waals surface area contributed by atoms with Crippen molar-refractivity contribution in [3.05, 3.63) is 54.7 Å². The number of nitrogens with one attached hydrogen (secondary N) is 1. The smallest absolute Gasteiger partial charge is 0.248 e. The summed E-state index contributed by atoms with van der Waals surface area (Å²) in [6.45, 7) is 13.0. The van der Waals surface area contributed by atoms with E-state index in [0.29, 0.717) is 11.5 Å². The van der Waals surface area contributed by atoms with Gasteiger partial charge >= 0.3 is 0 Å². The van der Waals surface area contributed by atoms with E-state index in [1.54, 1.807) is 24.5 Å². The molecule has 1 aromatic carbocycles. The first-order chi connectivity index (χ1) is 14.2. The van der Waals surface area contributed by atoms with Crippen molar-refractivity contribution in [1.29, 1.82) is 0 Å². The lowest BCUT2D eigenvalue weighted by Crippen LogP contribution is -2.37. The van der Waals surface area contributed by atoms with E-state index in [1.807, 2.05) is 32.9 Å². The van der Waals surface area contributed by atoms with Crippen LogP contribution in [0.25, 0.3) is 11.3 Å². The van der Waals surface area contributed by atoms with Crippen molar-refractivity contribution < 1.29 is 9.53 Å². The fourth-order valence-electron chi connectivity index (χ4n) is 3.43. The number of nitrogens with two attached hydrogens (primary N) is 1. The van der Waals surface area contributed by atoms with E-state index in [1.165, 1.54) is 0 Å². The summed E-state index contributed by atoms with van der Waals surface area (Å²) in [6, 6.07) is 7.03. The van der Waals surface area contributed by atoms with Gasteiger partial charge in [0.05, 0.1) is 18.1 Å². The molecule has 7 nitrogen and oxygen atoms in total. The summed E-state index contributed by atoms with van der Waals surface area (Å²) in [4.78, 5) is 22.3. The topological polar surface area (TPSA) is 93.4 Å². The van der Waals surface area contributed by atoms with Crippen LogP contribution in [0.3, 0.4) is 0 Å². The Kier molecular flexibility index (Phi) is 6.59. The Hall–Kier alpha value is -3.09. The second-order valence-corrected chi connectivity index (χ2v) is 8.65. The number of anilines is 1. The van der Waals surface area contributed by atoms with E-state index < -0.39 is 5.91 Å². The molecule has 0 unspecified atom stereocenters. The van der Waals surface area contributed by atoms with Crippen LogP contribution in [0.15, 0.2) is 49.1 Å². The first-order valence-corrected chi connectivity index (χ1v) is 10.3. The minimum absolute atomic E-state index is 0.218. The summed E-state index contributed by atoms with van der Waals surface area (Å²) >= 11 is 0. The van der Waals surface area contributed by atoms with Crippen LogP contribution < -0.4 is 11.1 Å². The predicted octanol–water partition coefficient (Wildman–Crippen LogP) is 3.65. The van der Waals surface area contributed by atoms with Crippen LogP contribution in [0.4, 0.5) is 5.82 Å². The summed E-state index contributed by atoms with van der Waals surface area (Å²) in [5.41, 5.74) is 7.18. The number of rotatable bonds is 7. The zero-order valence-corrected chi connectivity index (χ0v) is 18.0. The minimum atomic E-state index is -0.441. The first kappa shape index (κ1) is 21.6. The zero-order valence-electron chi connectivity index (χ0n) is 18.0. The fraction of sp³-hybridized carbons (Fsp3) is 0.435. The summed E-state index contributed by atoms with van der Waals surface area (Å²) in [7, 11) is 0. The van der Waals surface area contributed by atoms with Gasteiger partial charge in [-0.15, -0.1) is 0 Å². The molecule has 2 heterocycles. The predicted molar refractivity (Wildman–Crippen MR) is 119 cm³/mol. The van der Waals surface area contributed by atoms with Gasteiger partial charge < -0.3 is 20.7 Å². The van der Waals surface area contributed by atoms with Crippen LogP contribution in [-0.4, -0.2) is 46.0 Å². The third kappa shape index (κ3) is 5.95. The molecular weight excluding hydrogens is 378 g/mol. The number of carbonyl (C=O) groups excluding carboxylic acids is 1. The van der Waals surface area contributed by atoms with Crippen molar-refractivity contribution in [2.75, 3.05) is 25.0 Å². The molecule has 0 aliphatic carbocycles. The molecule has 1 fully saturated rings. The molecule has 160 valence electrons. The number of hydrogen-bond donors (Lipinski definition) is 2. The third-order valence-electron chi connectivity index (χ3n) is 5.08. The van der Waals surface area contributed by atoms with Gasteiger partial charge in [0.15, 0.2) is 5.88 Å². The largest absolute Gasteiger partial charge is 0.474 e. The molecule has 2 aromatic rings. The highest BCUT2D eigenvalue weighted by molar-refractivity contribution is 5.93. The number of nitrogens with zero attached hydrogens (tertiary/aromatic N) is 3. The molecule has 1 amide bonds. The number of piperidine rings is 1. The Bertz CT molecular complexity index is 864. The first-order valence-electron chi connectivity index (χ1n) is 10.3. The molecule has 0 spiro atoms. The number of likely N-dealkylation sites (tertiary alicyclic amines) is 1. The molecule has 0 saturated carbocycles.